The third-order valence-corrected chi connectivity index (χ3v) is 20.5. The van der Waals surface area contributed by atoms with Gasteiger partial charge in [-0.25, -0.2) is 14.4 Å². The van der Waals surface area contributed by atoms with Gasteiger partial charge >= 0.3 is 24.1 Å². The Bertz CT molecular complexity index is 4810. The highest BCUT2D eigenvalue weighted by Gasteiger charge is 2.41. The number of amides is 17. The molecule has 17 amide bonds. The van der Waals surface area contributed by atoms with Gasteiger partial charge in [0.2, 0.25) is 70.9 Å². The number of carbonyl (C=O) groups is 16. The number of hydrogen-bond donors (Lipinski definition) is 17. The van der Waals surface area contributed by atoms with Crippen LogP contribution in [-0.4, -0.2) is 215 Å². The van der Waals surface area contributed by atoms with Crippen LogP contribution in [-0.2, 0) is 106 Å². The molecule has 2 aliphatic heterocycles. The zero-order valence-electron chi connectivity index (χ0n) is 70.6. The molecule has 2 saturated heterocycles. The number of anilines is 1. The Balaban J connectivity index is 0.00000298. The number of nitrogens with zero attached hydrogens (tertiary/aromatic N) is 2. The van der Waals surface area contributed by atoms with Gasteiger partial charge in [0, 0.05) is 88.3 Å². The van der Waals surface area contributed by atoms with Gasteiger partial charge in [0.1, 0.15) is 72.4 Å². The van der Waals surface area contributed by atoms with E-state index in [4.69, 9.17) is 21.5 Å². The third-order valence-electron chi connectivity index (χ3n) is 20.2. The van der Waals surface area contributed by atoms with Crippen molar-refractivity contribution in [2.75, 3.05) is 32.1 Å². The van der Waals surface area contributed by atoms with Crippen LogP contribution in [0, 0.1) is 5.92 Å². The maximum absolute atomic E-state index is 15.5. The summed E-state index contributed by atoms with van der Waals surface area (Å²) in [6, 6.07) is 18.8. The van der Waals surface area contributed by atoms with E-state index in [9.17, 15) is 61.4 Å². The van der Waals surface area contributed by atoms with Crippen LogP contribution in [0.2, 0.25) is 5.02 Å². The molecule has 2 fully saturated rings. The second kappa shape index (κ2) is 48.9. The van der Waals surface area contributed by atoms with Crippen molar-refractivity contribution in [3.05, 3.63) is 178 Å². The summed E-state index contributed by atoms with van der Waals surface area (Å²) in [6.45, 7) is 10.0. The summed E-state index contributed by atoms with van der Waals surface area (Å²) in [4.78, 5) is 223. The minimum Gasteiger partial charge on any atom is -0.542 e. The highest BCUT2D eigenvalue weighted by Crippen LogP contribution is 2.24. The number of aliphatic hydroxyl groups excluding tert-OH is 1. The Morgan fingerprint density at radius 3 is 1.58 bits per heavy atom. The number of quaternary nitrogens is 1. The Kier molecular flexibility index (Phi) is 38.8. The standard InChI is InChI=1S/C84H107ClN18O16.C2HF3O2/c1-47(2)36-62(74(109)94-61(17-10-11-34-89-48(3)4)82(117)103-35-13-18-70(103)81(116)91-49(5)72(86)107)95-76(111)64(38-51-19-21-54(22-20-51)45-90-83(118)87-7)97-78(113)66(40-53-26-31-60(32-27-53)93-73(108)68-43-71(106)102-84(119)101-68)99-80(115)69(46-104)100-79(114)67(42-56-14-12-33-88-44-56)98-77(112)65(39-52-24-29-59(85)30-25-52)96-75(110)63(92-50(6)105)41-55-23-28-57-15-8-9-16-58(57)37-55;3-2(4,5)1(6)7/h8-9,12,14-16,19-33,37,44,47-49,61-70,89,104H,10-11,13,17-18,34-36,38-43,45-46H2,1-7H3,(H2,86,107)(H,91,116)(H,92,105)(H,93,108)(H,94,109)(H,95,111)(H,96,110)(H,97,113)(H,98,112)(H,99,115)(H,100,114)(H2,87,90,118)(H2,101,102,106,119);(H,6,7)/t49-,61+,62+,63-,64-,65-,66+,67-,68+,69+,70+;/m1./s1. The lowest BCUT2D eigenvalue weighted by Gasteiger charge is -2.31. The maximum Gasteiger partial charge on any atom is 0.430 e. The van der Waals surface area contributed by atoms with Crippen molar-refractivity contribution in [3.8, 4) is 0 Å². The molecule has 36 nitrogen and oxygen atoms in total. The van der Waals surface area contributed by atoms with E-state index in [1.54, 1.807) is 74.5 Å². The van der Waals surface area contributed by atoms with Crippen LogP contribution in [0.5, 0.6) is 0 Å². The van der Waals surface area contributed by atoms with E-state index < -0.39 is 180 Å². The number of aliphatic hydroxyl groups is 1. The number of carboxylic acids is 1. The highest BCUT2D eigenvalue weighted by molar-refractivity contribution is 6.30. The molecular weight excluding hydrogens is 1670 g/mol. The quantitative estimate of drug-likeness (QED) is 0.0225. The van der Waals surface area contributed by atoms with E-state index in [2.05, 4.69) is 90.5 Å². The molecule has 0 spiro atoms. The van der Waals surface area contributed by atoms with Crippen molar-refractivity contribution < 1.29 is 106 Å². The summed E-state index contributed by atoms with van der Waals surface area (Å²) < 4.78 is 31.5. The summed E-state index contributed by atoms with van der Waals surface area (Å²) in [5, 5.41) is 62.2. The van der Waals surface area contributed by atoms with Crippen molar-refractivity contribution in [1.29, 1.82) is 0 Å². The molecule has 2 aliphatic rings. The normalized spacial score (nSPS) is 15.8. The summed E-state index contributed by atoms with van der Waals surface area (Å²) in [7, 11) is 1.45. The molecule has 126 heavy (non-hydrogen) atoms. The van der Waals surface area contributed by atoms with E-state index in [0.717, 1.165) is 10.8 Å². The average Bonchev–Trinajstić information content (AvgIpc) is 1.57. The zero-order chi connectivity index (χ0) is 92.5. The van der Waals surface area contributed by atoms with E-state index in [1.165, 1.54) is 62.5 Å². The monoisotopic (exact) mass is 1770 g/mol. The van der Waals surface area contributed by atoms with Crippen LogP contribution in [0.4, 0.5) is 28.4 Å². The molecule has 6 aromatic rings. The van der Waals surface area contributed by atoms with E-state index in [-0.39, 0.29) is 82.1 Å². The molecule has 0 unspecified atom stereocenters. The topological polar surface area (TPSA) is 541 Å². The molecule has 0 saturated carbocycles. The summed E-state index contributed by atoms with van der Waals surface area (Å²) in [5.74, 6) is -13.5. The number of alkyl halides is 3. The van der Waals surface area contributed by atoms with Gasteiger partial charge in [0.05, 0.1) is 13.0 Å². The number of imide groups is 1. The number of fused-ring (bicyclic) bond motifs is 1. The molecule has 3 heterocycles. The van der Waals surface area contributed by atoms with Gasteiger partial charge < -0.3 is 94.3 Å². The first-order chi connectivity index (χ1) is 59.7. The van der Waals surface area contributed by atoms with E-state index >= 15 is 28.8 Å². The molecule has 8 rings (SSSR count). The first kappa shape index (κ1) is 100. The second-order valence-corrected chi connectivity index (χ2v) is 31.6. The fraction of sp³-hybridized carbons (Fsp3) is 0.430. The molecule has 0 bridgehead atoms. The van der Waals surface area contributed by atoms with Crippen LogP contribution < -0.4 is 90.6 Å². The van der Waals surface area contributed by atoms with Gasteiger partial charge in [0.15, 0.2) is 0 Å². The SMILES string of the molecule is CNC(=O)NCc1ccc(C[C@@H](NC(=O)[C@H](Cc2ccc(NC(=O)[C@@H]3CC(=O)NC(=O)N3)cc2)NC(=O)[C@H](CO)NC(=O)[C@@H](Cc2cccnc2)NC(=O)[C@@H](Cc2ccc(Cl)cc2)NC(=O)[C@@H](Cc2ccc3ccccc3c2)NC(C)=O)C(=O)N[C@@H](CC(C)C)C(=O)N[C@@H](CCCCNC(C)C)C(=O)N2CCC[C@H]2C(=O)N[C@H](C)C([NH3+])=O)cc1.O=C([O-])C(F)(F)F. The summed E-state index contributed by atoms with van der Waals surface area (Å²) in [5.41, 5.74) is 6.59. The van der Waals surface area contributed by atoms with Crippen LogP contribution in [0.1, 0.15) is 120 Å². The number of carbonyl (C=O) groups excluding carboxylic acids is 16. The molecule has 5 aromatic carbocycles. The average molecular weight is 1770 g/mol. The minimum atomic E-state index is -5.19. The van der Waals surface area contributed by atoms with Crippen molar-refractivity contribution >= 4 is 123 Å². The molecule has 40 heteroatoms. The summed E-state index contributed by atoms with van der Waals surface area (Å²) >= 11 is 6.28. The Hall–Kier alpha value is -13.0. The Morgan fingerprint density at radius 1 is 0.587 bits per heavy atom. The Labute approximate surface area is 729 Å². The number of unbranched alkanes of at least 4 members (excludes halogenated alkanes) is 1. The number of hydrogen-bond acceptors (Lipinski definition) is 20. The van der Waals surface area contributed by atoms with Crippen LogP contribution in [0.15, 0.2) is 140 Å². The maximum atomic E-state index is 15.5. The number of benzene rings is 5. The number of aliphatic carboxylic acids is 1. The fourth-order valence-corrected chi connectivity index (χ4v) is 13.7. The van der Waals surface area contributed by atoms with Gasteiger partial charge in [-0.1, -0.05) is 136 Å². The predicted octanol–water partition coefficient (Wildman–Crippen LogP) is 0.0349. The number of aromatic nitrogens is 1. The van der Waals surface area contributed by atoms with Crippen molar-refractivity contribution in [3.63, 3.8) is 0 Å². The number of carboxylic acid groups (broad SMARTS) is 1. The molecule has 11 atom stereocenters. The molecule has 0 radical (unpaired) electrons. The number of halogens is 4. The second-order valence-electron chi connectivity index (χ2n) is 31.2. The third kappa shape index (κ3) is 32.9. The molecule has 678 valence electrons. The van der Waals surface area contributed by atoms with E-state index in [0.29, 0.717) is 64.2 Å². The van der Waals surface area contributed by atoms with Gasteiger partial charge in [0.25, 0.3) is 0 Å². The first-order valence-electron chi connectivity index (χ1n) is 40.9. The van der Waals surface area contributed by atoms with Crippen molar-refractivity contribution in [2.24, 2.45) is 5.92 Å². The van der Waals surface area contributed by atoms with Crippen LogP contribution in [0.3, 0.4) is 0 Å². The fourth-order valence-electron chi connectivity index (χ4n) is 13.6. The van der Waals surface area contributed by atoms with Crippen LogP contribution >= 0.6 is 11.6 Å². The van der Waals surface area contributed by atoms with Gasteiger partial charge in [-0.3, -0.25) is 73.6 Å². The number of likely N-dealkylation sites (tertiary alicyclic amines) is 1. The molecular formula is C86H108ClF3N18O18. The lowest BCUT2D eigenvalue weighted by Crippen LogP contribution is -2.66. The zero-order valence-corrected chi connectivity index (χ0v) is 71.4. The largest absolute Gasteiger partial charge is 0.542 e. The molecule has 1 aromatic heterocycles. The number of urea groups is 2. The highest BCUT2D eigenvalue weighted by atomic mass is 35.5. The predicted molar refractivity (Wildman–Crippen MR) is 452 cm³/mol. The van der Waals surface area contributed by atoms with Gasteiger partial charge in [-0.05, 0) is 132 Å². The lowest BCUT2D eigenvalue weighted by molar-refractivity contribution is -0.344. The number of pyridine rings is 1. The molecule has 0 aliphatic carbocycles. The van der Waals surface area contributed by atoms with E-state index in [1.807, 2.05) is 56.3 Å². The Morgan fingerprint density at radius 2 is 1.07 bits per heavy atom. The number of rotatable bonds is 42. The van der Waals surface area contributed by atoms with Gasteiger partial charge in [-0.15, -0.1) is 0 Å². The number of nitrogens with one attached hydrogen (secondary N) is 15. The van der Waals surface area contributed by atoms with Gasteiger partial charge in [-0.2, -0.15) is 13.2 Å². The molecule has 19 N–H and O–H groups in total. The van der Waals surface area contributed by atoms with Crippen molar-refractivity contribution in [2.45, 2.75) is 204 Å². The smallest absolute Gasteiger partial charge is 0.430 e. The lowest BCUT2D eigenvalue weighted by atomic mass is 9.99. The minimum absolute atomic E-state index is 0.00782. The van der Waals surface area contributed by atoms with Crippen LogP contribution in [0.25, 0.3) is 10.8 Å². The van der Waals surface area contributed by atoms with Crippen molar-refractivity contribution in [1.82, 2.24) is 84.3 Å². The first-order valence-corrected chi connectivity index (χ1v) is 41.3. The summed E-state index contributed by atoms with van der Waals surface area (Å²) in [6.07, 6.45) is -1.94.